The Kier molecular flexibility index (Phi) is 34.8. The van der Waals surface area contributed by atoms with E-state index >= 15 is 0 Å². The number of anilines is 5. The van der Waals surface area contributed by atoms with Gasteiger partial charge in [-0.15, -0.1) is 0 Å². The molecule has 0 bridgehead atoms. The van der Waals surface area contributed by atoms with E-state index in [0.29, 0.717) is 64.5 Å². The van der Waals surface area contributed by atoms with E-state index in [1.807, 2.05) is 126 Å². The highest BCUT2D eigenvalue weighted by Gasteiger charge is 2.44. The first kappa shape index (κ1) is 103. The normalized spacial score (nSPS) is 23.6. The Morgan fingerprint density at radius 1 is 0.376 bits per heavy atom. The summed E-state index contributed by atoms with van der Waals surface area (Å²) in [5, 5.41) is 74.5. The molecule has 10 heterocycles. The average Bonchev–Trinajstić information content (AvgIpc) is 1.81. The van der Waals surface area contributed by atoms with Crippen LogP contribution in [0.1, 0.15) is 210 Å². The summed E-state index contributed by atoms with van der Waals surface area (Å²) in [7, 11) is -1.69. The largest absolute Gasteiger partial charge is 0.414 e. The molecule has 0 spiro atoms. The van der Waals surface area contributed by atoms with Gasteiger partial charge in [-0.05, 0) is 254 Å². The highest BCUT2D eigenvalue weighted by molar-refractivity contribution is 6.74. The Hall–Kier alpha value is -10.8. The number of benzene rings is 5. The number of likely N-dealkylation sites (tertiary alicyclic amines) is 5. The molecule has 5 aromatic heterocycles. The quantitative estimate of drug-likeness (QED) is 0.0186. The summed E-state index contributed by atoms with van der Waals surface area (Å²) in [4.78, 5) is 73.8. The molecule has 0 unspecified atom stereocenters. The van der Waals surface area contributed by atoms with Crippen molar-refractivity contribution < 1.29 is 56.1 Å². The Morgan fingerprint density at radius 2 is 0.617 bits per heavy atom. The van der Waals surface area contributed by atoms with Gasteiger partial charge in [0.2, 0.25) is 29.5 Å². The van der Waals surface area contributed by atoms with Gasteiger partial charge in [0.05, 0.1) is 102 Å². The SMILES string of the molecule is CCC1CCC(N2CC(NC(=O)CNc3noc4ccc(C)cc34)C2)CC1.CCCC1CCC(N2CC(NC(=O)CNc3noc4ccc(C)cc34)C2)CC1.Cc1ccc2onc(NCC(=O)NC3CN(C4CCC(C#N)CC4)C3)c2c1.Cc1ccc2onc(NCC(=O)NC3CN(C4CCC(O)CC4)C3)c2c1.Cc1ccc2onc(NCC(=O)NC3CN(C4CCC(O[Si](C)(C)C(C)(C)C)CC4)C3)c2c1. The van der Waals surface area contributed by atoms with Gasteiger partial charge in [0, 0.05) is 108 Å². The maximum atomic E-state index is 12.4. The van der Waals surface area contributed by atoms with Crippen molar-refractivity contribution in [2.75, 3.05) is 125 Å². The van der Waals surface area contributed by atoms with Crippen molar-refractivity contribution in [3.63, 3.8) is 0 Å². The van der Waals surface area contributed by atoms with Gasteiger partial charge in [-0.1, -0.05) is 138 Å². The minimum Gasteiger partial charge on any atom is -0.414 e. The molecule has 10 aliphatic rings. The van der Waals surface area contributed by atoms with E-state index in [1.165, 1.54) is 83.5 Å². The van der Waals surface area contributed by atoms with Crippen LogP contribution in [-0.4, -0.2) is 264 Å². The van der Waals surface area contributed by atoms with Crippen LogP contribution in [0.3, 0.4) is 0 Å². The zero-order chi connectivity index (χ0) is 99.0. The van der Waals surface area contributed by atoms with Gasteiger partial charge in [-0.3, -0.25) is 48.5 Å². The van der Waals surface area contributed by atoms with Crippen LogP contribution in [0.4, 0.5) is 29.1 Å². The molecule has 10 fully saturated rings. The van der Waals surface area contributed by atoms with E-state index in [0.717, 1.165) is 225 Å². The molecule has 5 aromatic carbocycles. The first-order valence-corrected chi connectivity index (χ1v) is 55.3. The fraction of sp³-hybridized carbons (Fsp3) is 0.617. The predicted molar refractivity (Wildman–Crippen MR) is 554 cm³/mol. The molecule has 20 rings (SSSR count). The van der Waals surface area contributed by atoms with Crippen LogP contribution in [-0.2, 0) is 28.4 Å². The number of hydrogen-bond donors (Lipinski definition) is 11. The number of nitrogens with one attached hydrogen (secondary N) is 10. The van der Waals surface area contributed by atoms with Crippen molar-refractivity contribution in [1.82, 2.24) is 76.9 Å². The van der Waals surface area contributed by atoms with E-state index in [2.05, 4.69) is 157 Å². The number of hydrogen-bond acceptors (Lipinski definition) is 28. The summed E-state index contributed by atoms with van der Waals surface area (Å²) >= 11 is 0. The first-order valence-electron chi connectivity index (χ1n) is 52.4. The van der Waals surface area contributed by atoms with Gasteiger partial charge in [0.25, 0.3) is 0 Å². The van der Waals surface area contributed by atoms with Gasteiger partial charge in [-0.2, -0.15) is 5.26 Å². The molecule has 11 N–H and O–H groups in total. The van der Waals surface area contributed by atoms with E-state index in [9.17, 15) is 29.1 Å². The Labute approximate surface area is 830 Å². The van der Waals surface area contributed by atoms with Crippen molar-refractivity contribution in [3.8, 4) is 6.07 Å². The van der Waals surface area contributed by atoms with Crippen LogP contribution < -0.4 is 53.2 Å². The molecule has 141 heavy (non-hydrogen) atoms. The second-order valence-electron chi connectivity index (χ2n) is 43.5. The van der Waals surface area contributed by atoms with Gasteiger partial charge in [-0.25, -0.2) is 0 Å². The van der Waals surface area contributed by atoms with Crippen LogP contribution in [0.15, 0.2) is 114 Å². The van der Waals surface area contributed by atoms with Crippen molar-refractivity contribution in [3.05, 3.63) is 119 Å². The fourth-order valence-corrected chi connectivity index (χ4v) is 23.3. The van der Waals surface area contributed by atoms with Crippen molar-refractivity contribution in [2.24, 2.45) is 17.8 Å². The lowest BCUT2D eigenvalue weighted by Gasteiger charge is -2.48. The van der Waals surface area contributed by atoms with Crippen molar-refractivity contribution in [1.29, 1.82) is 5.26 Å². The highest BCUT2D eigenvalue weighted by Crippen LogP contribution is 2.42. The van der Waals surface area contributed by atoms with E-state index in [1.54, 1.807) is 0 Å². The number of aliphatic hydroxyl groups excluding tert-OH is 1. The summed E-state index contributed by atoms with van der Waals surface area (Å²) < 4.78 is 33.1. The third kappa shape index (κ3) is 27.6. The number of carbonyl (C=O) groups excluding carboxylic acids is 5. The number of nitriles is 1. The van der Waals surface area contributed by atoms with Crippen LogP contribution in [0.25, 0.3) is 54.8 Å². The molecular formula is C107H153N21O12Si. The van der Waals surface area contributed by atoms with Gasteiger partial charge >= 0.3 is 0 Å². The molecule has 5 amide bonds. The topological polar surface area (TPSA) is 405 Å². The summed E-state index contributed by atoms with van der Waals surface area (Å²) in [6.45, 7) is 36.8. The maximum Gasteiger partial charge on any atom is 0.239 e. The van der Waals surface area contributed by atoms with Crippen molar-refractivity contribution in [2.45, 2.75) is 308 Å². The Balaban J connectivity index is 0.000000127. The Bertz CT molecular complexity index is 5830. The van der Waals surface area contributed by atoms with Gasteiger partial charge < -0.3 is 85.3 Å². The number of aliphatic hydroxyl groups is 1. The molecule has 33 nitrogen and oxygen atoms in total. The van der Waals surface area contributed by atoms with Crippen LogP contribution in [0, 0.1) is 63.7 Å². The highest BCUT2D eigenvalue weighted by atomic mass is 28.4. The summed E-state index contributed by atoms with van der Waals surface area (Å²) in [6.07, 6.45) is 27.9. The number of carbonyl (C=O) groups is 5. The van der Waals surface area contributed by atoms with Crippen LogP contribution in [0.2, 0.25) is 18.1 Å². The lowest BCUT2D eigenvalue weighted by Crippen LogP contribution is -2.63. The van der Waals surface area contributed by atoms with Crippen LogP contribution in [0.5, 0.6) is 0 Å². The van der Waals surface area contributed by atoms with E-state index < -0.39 is 8.32 Å². The molecule has 0 atom stereocenters. The third-order valence-electron chi connectivity index (χ3n) is 31.5. The molecule has 762 valence electrons. The molecule has 5 aliphatic heterocycles. The number of aryl methyl sites for hydroxylation is 5. The maximum absolute atomic E-state index is 12.4. The van der Waals surface area contributed by atoms with Crippen molar-refractivity contribution >= 4 is 122 Å². The second-order valence-corrected chi connectivity index (χ2v) is 48.2. The number of aromatic nitrogens is 5. The molecule has 5 aliphatic carbocycles. The molecule has 5 saturated carbocycles. The molecule has 34 heteroatoms. The van der Waals surface area contributed by atoms with E-state index in [-0.39, 0.29) is 110 Å². The fourth-order valence-electron chi connectivity index (χ4n) is 21.9. The first-order chi connectivity index (χ1) is 68.0. The number of nitrogens with zero attached hydrogens (tertiary/aromatic N) is 11. The lowest BCUT2D eigenvalue weighted by molar-refractivity contribution is -0.122. The Morgan fingerprint density at radius 3 is 0.858 bits per heavy atom. The average molecular weight is 1950 g/mol. The second kappa shape index (κ2) is 47.6. The molecular weight excluding hydrogens is 1800 g/mol. The zero-order valence-corrected chi connectivity index (χ0v) is 86.0. The summed E-state index contributed by atoms with van der Waals surface area (Å²) in [5.74, 6) is 5.17. The standard InChI is InChI=1S/C25H40N4O3Si.C22H32N4O2.C21H30N4O2.C20H25N5O2.C19H26N4O3/c1-17-7-12-22-21(13-17)24(28-31-22)26-14-23(30)27-18-15-29(16-18)19-8-10-20(11-9-19)32-33(5,6)25(2,3)4;1-3-4-16-6-8-18(9-7-16)26-13-17(14-26)24-21(27)12-23-22-19-11-15(2)5-10-20(19)28-25-22;1-3-15-5-7-17(8-6-15)25-12-16(13-25)23-20(26)11-22-21-18-10-14(2)4-9-19(18)27-24-21;1-13-2-7-18-17(8-13)20(24-27-18)22-10-19(26)23-15-11-25(12-15)16-5-3-14(9-21)4-6-16;1-12-2-7-17-16(8-12)19(22-26-17)20-9-18(25)21-13-10-23(11-13)14-3-5-15(24)6-4-14/h7,12-13,18-20H,8-11,14-16H2,1-6H3,(H,26,28)(H,27,30);5,10-11,16-18H,3-4,6-9,12-14H2,1-2H3,(H,23,25)(H,24,27);4,9-10,15-17H,3,5-8,11-13H2,1-2H3,(H,22,24)(H,23,26);2,7-8,14-16H,3-6,10-12H2,1H3,(H,22,24)(H,23,26);2,7-8,13-15,24H,3-6,9-11H2,1H3,(H,20,22)(H,21,25). The van der Waals surface area contributed by atoms with Gasteiger partial charge in [0.1, 0.15) is 0 Å². The van der Waals surface area contributed by atoms with Crippen LogP contribution >= 0.6 is 0 Å². The summed E-state index contributed by atoms with van der Waals surface area (Å²) in [6, 6.07) is 36.2. The third-order valence-corrected chi connectivity index (χ3v) is 36.1. The molecule has 10 aromatic rings. The summed E-state index contributed by atoms with van der Waals surface area (Å²) in [5.41, 5.74) is 9.27. The smallest absolute Gasteiger partial charge is 0.239 e. The minimum absolute atomic E-state index is 0.00469. The molecule has 0 radical (unpaired) electrons. The lowest BCUT2D eigenvalue weighted by atomic mass is 9.82. The number of rotatable bonds is 30. The monoisotopic (exact) mass is 1950 g/mol. The zero-order valence-electron chi connectivity index (χ0n) is 85.0. The number of amides is 5. The number of fused-ring (bicyclic) bond motifs is 5. The minimum atomic E-state index is -1.69. The van der Waals surface area contributed by atoms with Gasteiger partial charge in [0.15, 0.2) is 65.3 Å². The van der Waals surface area contributed by atoms with E-state index in [4.69, 9.17) is 32.3 Å². The predicted octanol–water partition coefficient (Wildman–Crippen LogP) is 15.8. The molecule has 5 saturated heterocycles.